The first-order valence-electron chi connectivity index (χ1n) is 9.92. The Morgan fingerprint density at radius 3 is 1.97 bits per heavy atom. The van der Waals surface area contributed by atoms with E-state index in [2.05, 4.69) is 52.1 Å². The molecule has 3 heterocycles. The van der Waals surface area contributed by atoms with Crippen molar-refractivity contribution in [2.24, 2.45) is 0 Å². The predicted molar refractivity (Wildman–Crippen MR) is 129 cm³/mol. The number of hydrogen-bond acceptors (Lipinski definition) is 6. The minimum absolute atomic E-state index is 0.833. The van der Waals surface area contributed by atoms with Gasteiger partial charge in [0.15, 0.2) is 0 Å². The third-order valence-electron chi connectivity index (χ3n) is 5.26. The van der Waals surface area contributed by atoms with E-state index in [1.54, 1.807) is 11.3 Å². The second kappa shape index (κ2) is 7.34. The molecule has 0 N–H and O–H groups in total. The van der Waals surface area contributed by atoms with E-state index in [9.17, 15) is 0 Å². The van der Waals surface area contributed by atoms with E-state index in [0.29, 0.717) is 0 Å². The second-order valence-electron chi connectivity index (χ2n) is 7.31. The van der Waals surface area contributed by atoms with E-state index in [-0.39, 0.29) is 0 Å². The van der Waals surface area contributed by atoms with Gasteiger partial charge in [0.25, 0.3) is 0 Å². The van der Waals surface area contributed by atoms with Crippen LogP contribution < -0.4 is 0 Å². The number of benzene rings is 3. The van der Waals surface area contributed by atoms with Crippen molar-refractivity contribution < 1.29 is 0 Å². The highest BCUT2D eigenvalue weighted by Gasteiger charge is 2.20. The van der Waals surface area contributed by atoms with Crippen LogP contribution in [-0.2, 0) is 0 Å². The van der Waals surface area contributed by atoms with E-state index in [0.717, 1.165) is 55.0 Å². The summed E-state index contributed by atoms with van der Waals surface area (Å²) in [4.78, 5) is 12.7. The Morgan fingerprint density at radius 2 is 1.32 bits per heavy atom. The standard InChI is InChI=1S/C25H16N4S2/c1-15-12-13-20(30-15)21-24-18(14-19-25(21)29-31-28-19)26-22(16-8-4-2-5-9-16)23(27-24)17-10-6-3-7-11-17/h2-14H,1H3. The molecule has 0 aliphatic rings. The third kappa shape index (κ3) is 3.12. The molecule has 0 fully saturated rings. The van der Waals surface area contributed by atoms with Gasteiger partial charge in [-0.15, -0.1) is 11.3 Å². The molecule has 0 saturated carbocycles. The van der Waals surface area contributed by atoms with Crippen molar-refractivity contribution in [1.29, 1.82) is 0 Å². The lowest BCUT2D eigenvalue weighted by Crippen LogP contribution is -1.97. The van der Waals surface area contributed by atoms with E-state index in [1.165, 1.54) is 16.6 Å². The molecular weight excluding hydrogens is 420 g/mol. The molecule has 0 aliphatic carbocycles. The van der Waals surface area contributed by atoms with Gasteiger partial charge in [-0.25, -0.2) is 9.97 Å². The SMILES string of the molecule is Cc1ccc(-c2c3nsnc3cc3nc(-c4ccccc4)c(-c4ccccc4)nc23)s1. The van der Waals surface area contributed by atoms with E-state index >= 15 is 0 Å². The van der Waals surface area contributed by atoms with Crippen molar-refractivity contribution in [3.63, 3.8) is 0 Å². The van der Waals surface area contributed by atoms with Gasteiger partial charge in [-0.3, -0.25) is 0 Å². The number of aromatic nitrogens is 4. The average Bonchev–Trinajstić information content (AvgIpc) is 3.46. The molecule has 0 spiro atoms. The topological polar surface area (TPSA) is 51.6 Å². The first kappa shape index (κ1) is 18.3. The van der Waals surface area contributed by atoms with Crippen LogP contribution in [0.2, 0.25) is 0 Å². The lowest BCUT2D eigenvalue weighted by atomic mass is 10.0. The Kier molecular flexibility index (Phi) is 4.33. The van der Waals surface area contributed by atoms with Crippen molar-refractivity contribution in [2.45, 2.75) is 6.92 Å². The van der Waals surface area contributed by atoms with Gasteiger partial charge in [-0.05, 0) is 25.1 Å². The van der Waals surface area contributed by atoms with Crippen LogP contribution >= 0.6 is 23.1 Å². The molecule has 0 amide bonds. The number of hydrogen-bond donors (Lipinski definition) is 0. The van der Waals surface area contributed by atoms with Gasteiger partial charge in [-0.1, -0.05) is 60.7 Å². The minimum Gasteiger partial charge on any atom is -0.244 e. The van der Waals surface area contributed by atoms with Crippen LogP contribution in [0.3, 0.4) is 0 Å². The number of nitrogens with zero attached hydrogens (tertiary/aromatic N) is 4. The van der Waals surface area contributed by atoms with Gasteiger partial charge in [0, 0.05) is 26.4 Å². The molecule has 3 aromatic carbocycles. The summed E-state index contributed by atoms with van der Waals surface area (Å²) in [7, 11) is 0. The van der Waals surface area contributed by atoms with Crippen LogP contribution in [0.25, 0.3) is 55.0 Å². The fourth-order valence-electron chi connectivity index (χ4n) is 3.84. The highest BCUT2D eigenvalue weighted by Crippen LogP contribution is 2.40. The predicted octanol–water partition coefficient (Wildman–Crippen LogP) is 7.01. The molecule has 0 atom stereocenters. The summed E-state index contributed by atoms with van der Waals surface area (Å²) in [5.41, 5.74) is 8.29. The summed E-state index contributed by atoms with van der Waals surface area (Å²) in [5.74, 6) is 0. The molecule has 0 saturated heterocycles. The van der Waals surface area contributed by atoms with Crippen LogP contribution in [-0.4, -0.2) is 18.7 Å². The Hall–Kier alpha value is -3.48. The molecule has 0 bridgehead atoms. The Morgan fingerprint density at radius 1 is 0.645 bits per heavy atom. The zero-order valence-corrected chi connectivity index (χ0v) is 18.2. The van der Waals surface area contributed by atoms with E-state index < -0.39 is 0 Å². The van der Waals surface area contributed by atoms with Gasteiger partial charge in [-0.2, -0.15) is 8.75 Å². The zero-order valence-electron chi connectivity index (χ0n) is 16.6. The molecule has 0 unspecified atom stereocenters. The van der Waals surface area contributed by atoms with Gasteiger partial charge in [0.2, 0.25) is 0 Å². The van der Waals surface area contributed by atoms with Crippen molar-refractivity contribution in [3.8, 4) is 33.0 Å². The quantitative estimate of drug-likeness (QED) is 0.299. The van der Waals surface area contributed by atoms with Crippen LogP contribution in [0, 0.1) is 6.92 Å². The summed E-state index contributed by atoms with van der Waals surface area (Å²) in [5, 5.41) is 0. The van der Waals surface area contributed by atoms with Crippen molar-refractivity contribution in [3.05, 3.63) is 83.7 Å². The molecule has 6 heteroatoms. The molecule has 3 aromatic heterocycles. The first-order chi connectivity index (χ1) is 15.3. The number of fused-ring (bicyclic) bond motifs is 2. The first-order valence-corrected chi connectivity index (χ1v) is 11.5. The number of aryl methyl sites for hydroxylation is 1. The molecular formula is C25H16N4S2. The molecule has 0 radical (unpaired) electrons. The van der Waals surface area contributed by atoms with Crippen molar-refractivity contribution in [2.75, 3.05) is 0 Å². The Bertz CT molecular complexity index is 1540. The van der Waals surface area contributed by atoms with Gasteiger partial charge >= 0.3 is 0 Å². The maximum Gasteiger partial charge on any atom is 0.115 e. The Balaban J connectivity index is 1.75. The van der Waals surface area contributed by atoms with Gasteiger partial charge in [0.1, 0.15) is 16.6 Å². The highest BCUT2D eigenvalue weighted by atomic mass is 32.1. The van der Waals surface area contributed by atoms with Crippen LogP contribution in [0.5, 0.6) is 0 Å². The molecule has 6 aromatic rings. The van der Waals surface area contributed by atoms with E-state index in [1.807, 2.05) is 42.5 Å². The summed E-state index contributed by atoms with van der Waals surface area (Å²) >= 11 is 2.97. The zero-order chi connectivity index (χ0) is 20.8. The smallest absolute Gasteiger partial charge is 0.115 e. The monoisotopic (exact) mass is 436 g/mol. The lowest BCUT2D eigenvalue weighted by molar-refractivity contribution is 1.30. The molecule has 6 rings (SSSR count). The van der Waals surface area contributed by atoms with Crippen molar-refractivity contribution >= 4 is 45.1 Å². The number of thiophene rings is 1. The molecule has 148 valence electrons. The van der Waals surface area contributed by atoms with Crippen LogP contribution in [0.1, 0.15) is 4.88 Å². The third-order valence-corrected chi connectivity index (χ3v) is 6.83. The maximum absolute atomic E-state index is 5.22. The van der Waals surface area contributed by atoms with Gasteiger partial charge in [0.05, 0.1) is 28.6 Å². The maximum atomic E-state index is 5.22. The summed E-state index contributed by atoms with van der Waals surface area (Å²) in [6.07, 6.45) is 0. The second-order valence-corrected chi connectivity index (χ2v) is 9.13. The summed E-state index contributed by atoms with van der Waals surface area (Å²) < 4.78 is 9.12. The largest absolute Gasteiger partial charge is 0.244 e. The normalized spacial score (nSPS) is 11.4. The van der Waals surface area contributed by atoms with Crippen molar-refractivity contribution in [1.82, 2.24) is 18.7 Å². The summed E-state index contributed by atoms with van der Waals surface area (Å²) in [6.45, 7) is 2.12. The van der Waals surface area contributed by atoms with E-state index in [4.69, 9.17) is 9.97 Å². The molecule has 0 aliphatic heterocycles. The molecule has 31 heavy (non-hydrogen) atoms. The van der Waals surface area contributed by atoms with Crippen LogP contribution in [0.15, 0.2) is 78.9 Å². The van der Waals surface area contributed by atoms with Gasteiger partial charge < -0.3 is 0 Å². The molecule has 4 nitrogen and oxygen atoms in total. The Labute approximate surface area is 187 Å². The van der Waals surface area contributed by atoms with Crippen LogP contribution in [0.4, 0.5) is 0 Å². The minimum atomic E-state index is 0.833. The average molecular weight is 437 g/mol. The lowest BCUT2D eigenvalue weighted by Gasteiger charge is -2.12. The number of rotatable bonds is 3. The summed E-state index contributed by atoms with van der Waals surface area (Å²) in [6, 6.07) is 26.8. The highest BCUT2D eigenvalue weighted by molar-refractivity contribution is 7.15. The fourth-order valence-corrected chi connectivity index (χ4v) is 5.28. The fraction of sp³-hybridized carbons (Fsp3) is 0.0400.